The van der Waals surface area contributed by atoms with Crippen molar-refractivity contribution in [3.8, 4) is 0 Å². The maximum atomic E-state index is 11.9. The molecular formula is C13H21ClN2O4S. The van der Waals surface area contributed by atoms with Crippen molar-refractivity contribution in [2.24, 2.45) is 5.73 Å². The molecule has 0 radical (unpaired) electrons. The summed E-state index contributed by atoms with van der Waals surface area (Å²) in [6, 6.07) is 5.65. The molecule has 0 aliphatic carbocycles. The highest BCUT2D eigenvalue weighted by molar-refractivity contribution is 7.89. The van der Waals surface area contributed by atoms with E-state index < -0.39 is 16.0 Å². The van der Waals surface area contributed by atoms with Crippen molar-refractivity contribution < 1.29 is 17.9 Å². The molecule has 6 nitrogen and oxygen atoms in total. The molecule has 0 aliphatic heterocycles. The van der Waals surface area contributed by atoms with Gasteiger partial charge in [0.25, 0.3) is 0 Å². The van der Waals surface area contributed by atoms with Crippen molar-refractivity contribution in [1.29, 1.82) is 0 Å². The van der Waals surface area contributed by atoms with E-state index in [1.807, 2.05) is 0 Å². The van der Waals surface area contributed by atoms with Crippen LogP contribution in [-0.2, 0) is 14.8 Å². The fourth-order valence-corrected chi connectivity index (χ4v) is 2.62. The molecule has 3 N–H and O–H groups in total. The minimum Gasteiger partial charge on any atom is -0.462 e. The lowest BCUT2D eigenvalue weighted by Gasteiger charge is -2.07. The van der Waals surface area contributed by atoms with E-state index in [4.69, 9.17) is 10.5 Å². The number of benzene rings is 1. The Morgan fingerprint density at radius 2 is 1.86 bits per heavy atom. The summed E-state index contributed by atoms with van der Waals surface area (Å²) in [6.07, 6.45) is 1.46. The zero-order valence-corrected chi connectivity index (χ0v) is 13.5. The van der Waals surface area contributed by atoms with E-state index in [2.05, 4.69) is 4.72 Å². The van der Waals surface area contributed by atoms with Crippen LogP contribution < -0.4 is 10.5 Å². The monoisotopic (exact) mass is 336 g/mol. The first-order valence-corrected chi connectivity index (χ1v) is 7.96. The summed E-state index contributed by atoms with van der Waals surface area (Å²) in [7, 11) is -3.54. The van der Waals surface area contributed by atoms with E-state index in [9.17, 15) is 13.2 Å². The molecule has 0 saturated carbocycles. The molecule has 8 heteroatoms. The van der Waals surface area contributed by atoms with Crippen LogP contribution in [0.25, 0.3) is 0 Å². The Labute approximate surface area is 131 Å². The van der Waals surface area contributed by atoms with E-state index in [1.54, 1.807) is 6.92 Å². The summed E-state index contributed by atoms with van der Waals surface area (Å²) in [5, 5.41) is 0. The molecule has 120 valence electrons. The highest BCUT2D eigenvalue weighted by Gasteiger charge is 2.14. The number of hydrogen-bond acceptors (Lipinski definition) is 5. The molecule has 0 aromatic heterocycles. The van der Waals surface area contributed by atoms with E-state index in [0.717, 1.165) is 6.42 Å². The van der Waals surface area contributed by atoms with Crippen molar-refractivity contribution in [1.82, 2.24) is 4.72 Å². The second-order valence-electron chi connectivity index (χ2n) is 4.14. The molecule has 0 fully saturated rings. The molecule has 1 aromatic carbocycles. The van der Waals surface area contributed by atoms with Gasteiger partial charge in [-0.1, -0.05) is 0 Å². The van der Waals surface area contributed by atoms with Crippen molar-refractivity contribution in [2.45, 2.75) is 24.7 Å². The van der Waals surface area contributed by atoms with E-state index in [0.29, 0.717) is 25.1 Å². The highest BCUT2D eigenvalue weighted by Crippen LogP contribution is 2.11. The van der Waals surface area contributed by atoms with Gasteiger partial charge in [0, 0.05) is 6.54 Å². The van der Waals surface area contributed by atoms with E-state index >= 15 is 0 Å². The Balaban J connectivity index is 0.00000400. The number of nitrogens with two attached hydrogens (primary N) is 1. The fourth-order valence-electron chi connectivity index (χ4n) is 1.54. The maximum Gasteiger partial charge on any atom is 0.338 e. The van der Waals surface area contributed by atoms with Gasteiger partial charge in [-0.3, -0.25) is 0 Å². The summed E-state index contributed by atoms with van der Waals surface area (Å²) in [5.74, 6) is -0.465. The summed E-state index contributed by atoms with van der Waals surface area (Å²) in [5.41, 5.74) is 5.67. The van der Waals surface area contributed by atoms with Gasteiger partial charge in [-0.25, -0.2) is 17.9 Å². The number of halogens is 1. The molecule has 0 bridgehead atoms. The normalized spacial score (nSPS) is 10.8. The molecule has 0 unspecified atom stereocenters. The van der Waals surface area contributed by atoms with Gasteiger partial charge in [0.2, 0.25) is 10.0 Å². The standard InChI is InChI=1S/C13H20N2O4S.ClH/c1-2-19-13(16)11-5-7-12(8-6-11)20(17,18)15-10-4-3-9-14;/h5-8,15H,2-4,9-10,14H2,1H3;1H. The smallest absolute Gasteiger partial charge is 0.338 e. The van der Waals surface area contributed by atoms with Gasteiger partial charge in [-0.15, -0.1) is 12.4 Å². The lowest BCUT2D eigenvalue weighted by molar-refractivity contribution is 0.0526. The molecule has 0 amide bonds. The average Bonchev–Trinajstić information content (AvgIpc) is 2.44. The molecule has 0 atom stereocenters. The Bertz CT molecular complexity index is 532. The number of carbonyl (C=O) groups excluding carboxylic acids is 1. The number of sulfonamides is 1. The van der Waals surface area contributed by atoms with Crippen LogP contribution in [0.5, 0.6) is 0 Å². The second-order valence-corrected chi connectivity index (χ2v) is 5.91. The zero-order chi connectivity index (χ0) is 15.0. The molecule has 0 aliphatic rings. The Kier molecular flexibility index (Phi) is 9.19. The third kappa shape index (κ3) is 6.43. The van der Waals surface area contributed by atoms with E-state index in [-0.39, 0.29) is 23.9 Å². The molecule has 1 aromatic rings. The summed E-state index contributed by atoms with van der Waals surface area (Å²) in [4.78, 5) is 11.6. The summed E-state index contributed by atoms with van der Waals surface area (Å²) >= 11 is 0. The number of esters is 1. The van der Waals surface area contributed by atoms with Crippen LogP contribution in [0.1, 0.15) is 30.1 Å². The number of carbonyl (C=O) groups is 1. The van der Waals surface area contributed by atoms with Crippen LogP contribution >= 0.6 is 12.4 Å². The van der Waals surface area contributed by atoms with Gasteiger partial charge in [0.1, 0.15) is 0 Å². The fraction of sp³-hybridized carbons (Fsp3) is 0.462. The topological polar surface area (TPSA) is 98.5 Å². The molecule has 1 rings (SSSR count). The van der Waals surface area contributed by atoms with Gasteiger partial charge < -0.3 is 10.5 Å². The van der Waals surface area contributed by atoms with Crippen LogP contribution in [-0.4, -0.2) is 34.1 Å². The number of unbranched alkanes of at least 4 members (excludes halogenated alkanes) is 1. The highest BCUT2D eigenvalue weighted by atomic mass is 35.5. The predicted octanol–water partition coefficient (Wildman–Crippen LogP) is 1.30. The van der Waals surface area contributed by atoms with E-state index in [1.165, 1.54) is 24.3 Å². The third-order valence-electron chi connectivity index (χ3n) is 2.60. The molecule has 0 saturated heterocycles. The van der Waals surface area contributed by atoms with Gasteiger partial charge in [-0.2, -0.15) is 0 Å². The average molecular weight is 337 g/mol. The number of rotatable bonds is 8. The Morgan fingerprint density at radius 1 is 1.24 bits per heavy atom. The lowest BCUT2D eigenvalue weighted by Crippen LogP contribution is -2.25. The molecule has 21 heavy (non-hydrogen) atoms. The molecule has 0 spiro atoms. The predicted molar refractivity (Wildman–Crippen MR) is 83.1 cm³/mol. The van der Waals surface area contributed by atoms with Crippen molar-refractivity contribution in [3.63, 3.8) is 0 Å². The third-order valence-corrected chi connectivity index (χ3v) is 4.08. The Hall–Kier alpha value is -1.15. The first-order chi connectivity index (χ1) is 9.51. The quantitative estimate of drug-likeness (QED) is 0.550. The number of nitrogens with one attached hydrogen (secondary N) is 1. The first-order valence-electron chi connectivity index (χ1n) is 6.48. The number of ether oxygens (including phenoxy) is 1. The number of hydrogen-bond donors (Lipinski definition) is 2. The van der Waals surface area contributed by atoms with Gasteiger partial charge in [-0.05, 0) is 50.6 Å². The lowest BCUT2D eigenvalue weighted by atomic mass is 10.2. The van der Waals surface area contributed by atoms with Crippen LogP contribution in [0.2, 0.25) is 0 Å². The maximum absolute atomic E-state index is 11.9. The Morgan fingerprint density at radius 3 is 2.38 bits per heavy atom. The summed E-state index contributed by atoms with van der Waals surface area (Å²) in [6.45, 7) is 2.87. The SMILES string of the molecule is CCOC(=O)c1ccc(S(=O)(=O)NCCCCN)cc1.Cl. The minimum absolute atomic E-state index is 0. The van der Waals surface area contributed by atoms with Crippen molar-refractivity contribution >= 4 is 28.4 Å². The van der Waals surface area contributed by atoms with Gasteiger partial charge >= 0.3 is 5.97 Å². The van der Waals surface area contributed by atoms with Crippen LogP contribution in [0.15, 0.2) is 29.2 Å². The van der Waals surface area contributed by atoms with Crippen molar-refractivity contribution in [2.75, 3.05) is 19.7 Å². The minimum atomic E-state index is -3.54. The van der Waals surface area contributed by atoms with Crippen LogP contribution in [0, 0.1) is 0 Å². The molecule has 0 heterocycles. The zero-order valence-electron chi connectivity index (χ0n) is 11.9. The van der Waals surface area contributed by atoms with Crippen LogP contribution in [0.4, 0.5) is 0 Å². The van der Waals surface area contributed by atoms with Gasteiger partial charge in [0.15, 0.2) is 0 Å². The van der Waals surface area contributed by atoms with Crippen molar-refractivity contribution in [3.05, 3.63) is 29.8 Å². The van der Waals surface area contributed by atoms with Gasteiger partial charge in [0.05, 0.1) is 17.1 Å². The second kappa shape index (κ2) is 9.73. The summed E-state index contributed by atoms with van der Waals surface area (Å²) < 4.78 is 31.2. The molecular weight excluding hydrogens is 316 g/mol. The first kappa shape index (κ1) is 19.9. The largest absolute Gasteiger partial charge is 0.462 e. The van der Waals surface area contributed by atoms with Crippen LogP contribution in [0.3, 0.4) is 0 Å².